The van der Waals surface area contributed by atoms with Gasteiger partial charge in [-0.05, 0) is 37.8 Å². The number of methoxy groups -OCH3 is 1. The van der Waals surface area contributed by atoms with Crippen LogP contribution in [0.3, 0.4) is 0 Å². The molecule has 8 nitrogen and oxygen atoms in total. The quantitative estimate of drug-likeness (QED) is 0.522. The average molecular weight is 435 g/mol. The molecular weight excluding hydrogens is 408 g/mol. The van der Waals surface area contributed by atoms with Crippen molar-refractivity contribution in [3.05, 3.63) is 50.0 Å². The lowest BCUT2D eigenvalue weighted by atomic mass is 9.87. The molecule has 0 unspecified atom stereocenters. The molecule has 1 saturated carbocycles. The minimum absolute atomic E-state index is 0.0132. The highest BCUT2D eigenvalue weighted by Crippen LogP contribution is 2.46. The lowest BCUT2D eigenvalue weighted by Crippen LogP contribution is -2.33. The summed E-state index contributed by atoms with van der Waals surface area (Å²) < 4.78 is 17.4. The SMILES string of the molecule is COCc1csc([C@H]2CC[C@@H]3[C@@H](COc4ccc([N+](=O)[O-])c(C)c4)[C@H](O)C[C@@H]3O2)n1. The molecule has 1 aliphatic carbocycles. The van der Waals surface area contributed by atoms with Crippen molar-refractivity contribution >= 4 is 17.0 Å². The fourth-order valence-electron chi connectivity index (χ4n) is 4.54. The van der Waals surface area contributed by atoms with Crippen molar-refractivity contribution in [3.8, 4) is 5.75 Å². The van der Waals surface area contributed by atoms with E-state index in [9.17, 15) is 15.2 Å². The van der Waals surface area contributed by atoms with Crippen LogP contribution in [0.1, 0.15) is 41.6 Å². The highest BCUT2D eigenvalue weighted by Gasteiger charge is 2.47. The van der Waals surface area contributed by atoms with Crippen LogP contribution < -0.4 is 4.74 Å². The number of hydrogen-bond donors (Lipinski definition) is 1. The average Bonchev–Trinajstić information content (AvgIpc) is 3.29. The van der Waals surface area contributed by atoms with Gasteiger partial charge in [-0.2, -0.15) is 0 Å². The van der Waals surface area contributed by atoms with E-state index in [1.165, 1.54) is 6.07 Å². The predicted octanol–water partition coefficient (Wildman–Crippen LogP) is 3.80. The fraction of sp³-hybridized carbons (Fsp3) is 0.571. The van der Waals surface area contributed by atoms with Gasteiger partial charge in [-0.15, -0.1) is 11.3 Å². The van der Waals surface area contributed by atoms with Crippen LogP contribution in [-0.4, -0.2) is 40.9 Å². The van der Waals surface area contributed by atoms with Crippen molar-refractivity contribution in [2.45, 2.75) is 51.1 Å². The number of ether oxygens (including phenoxy) is 3. The third-order valence-corrected chi connectivity index (χ3v) is 7.03. The van der Waals surface area contributed by atoms with Gasteiger partial charge in [-0.3, -0.25) is 10.1 Å². The van der Waals surface area contributed by atoms with Crippen LogP contribution in [-0.2, 0) is 16.1 Å². The number of aromatic nitrogens is 1. The van der Waals surface area contributed by atoms with E-state index in [0.29, 0.717) is 30.9 Å². The largest absolute Gasteiger partial charge is 0.493 e. The van der Waals surface area contributed by atoms with E-state index < -0.39 is 11.0 Å². The van der Waals surface area contributed by atoms with E-state index in [1.807, 2.05) is 5.38 Å². The lowest BCUT2D eigenvalue weighted by molar-refractivity contribution is -0.385. The molecule has 2 aliphatic rings. The number of aliphatic hydroxyl groups is 1. The van der Waals surface area contributed by atoms with E-state index >= 15 is 0 Å². The Bertz CT molecular complexity index is 903. The van der Waals surface area contributed by atoms with Gasteiger partial charge in [0.05, 0.1) is 36.0 Å². The standard InChI is InChI=1S/C21H26N2O6S/c1-12-7-14(3-5-17(12)23(25)26)28-10-16-15-4-6-19(29-20(15)8-18(16)24)21-22-13(9-27-2)11-30-21/h3,5,7,11,15-16,18-20,24H,4,6,8-10H2,1-2H3/t15-,16-,18-,19-,20+/m1/s1. The molecule has 5 atom stereocenters. The molecule has 0 amide bonds. The Labute approximate surface area is 179 Å². The normalized spacial score (nSPS) is 28.3. The molecule has 0 bridgehead atoms. The van der Waals surface area contributed by atoms with Gasteiger partial charge in [0.2, 0.25) is 0 Å². The number of hydrogen-bond acceptors (Lipinski definition) is 8. The van der Waals surface area contributed by atoms with Crippen LogP contribution in [0, 0.1) is 28.9 Å². The van der Waals surface area contributed by atoms with Gasteiger partial charge in [0.25, 0.3) is 5.69 Å². The van der Waals surface area contributed by atoms with Gasteiger partial charge in [0, 0.05) is 36.5 Å². The van der Waals surface area contributed by atoms with Gasteiger partial charge in [0.1, 0.15) is 16.9 Å². The highest BCUT2D eigenvalue weighted by molar-refractivity contribution is 7.09. The van der Waals surface area contributed by atoms with Gasteiger partial charge >= 0.3 is 0 Å². The van der Waals surface area contributed by atoms with Gasteiger partial charge in [-0.1, -0.05) is 0 Å². The predicted molar refractivity (Wildman–Crippen MR) is 111 cm³/mol. The van der Waals surface area contributed by atoms with E-state index in [0.717, 1.165) is 23.5 Å². The Hall–Kier alpha value is -2.07. The third-order valence-electron chi connectivity index (χ3n) is 6.04. The first kappa shape index (κ1) is 21.2. The maximum atomic E-state index is 11.0. The summed E-state index contributed by atoms with van der Waals surface area (Å²) in [5, 5.41) is 24.6. The summed E-state index contributed by atoms with van der Waals surface area (Å²) in [6.07, 6.45) is 1.86. The van der Waals surface area contributed by atoms with Crippen LogP contribution in [0.2, 0.25) is 0 Å². The first-order valence-electron chi connectivity index (χ1n) is 10.1. The molecule has 0 spiro atoms. The lowest BCUT2D eigenvalue weighted by Gasteiger charge is -2.33. The minimum atomic E-state index is -0.488. The number of nitrogens with zero attached hydrogens (tertiary/aromatic N) is 2. The number of aryl methyl sites for hydroxylation is 1. The summed E-state index contributed by atoms with van der Waals surface area (Å²) >= 11 is 1.59. The number of benzene rings is 1. The smallest absolute Gasteiger partial charge is 0.272 e. The van der Waals surface area contributed by atoms with Crippen molar-refractivity contribution in [2.75, 3.05) is 13.7 Å². The number of fused-ring (bicyclic) bond motifs is 1. The highest BCUT2D eigenvalue weighted by atomic mass is 32.1. The molecule has 1 aromatic carbocycles. The number of nitro benzene ring substituents is 1. The topological polar surface area (TPSA) is 104 Å². The van der Waals surface area contributed by atoms with E-state index in [2.05, 4.69) is 4.98 Å². The van der Waals surface area contributed by atoms with Crippen LogP contribution in [0.15, 0.2) is 23.6 Å². The minimum Gasteiger partial charge on any atom is -0.493 e. The first-order chi connectivity index (χ1) is 14.5. The molecule has 162 valence electrons. The molecular formula is C21H26N2O6S. The molecule has 4 rings (SSSR count). The van der Waals surface area contributed by atoms with Crippen molar-refractivity contribution in [3.63, 3.8) is 0 Å². The summed E-state index contributed by atoms with van der Waals surface area (Å²) in [4.78, 5) is 15.2. The molecule has 9 heteroatoms. The molecule has 1 aliphatic heterocycles. The van der Waals surface area contributed by atoms with Crippen molar-refractivity contribution in [1.82, 2.24) is 4.98 Å². The molecule has 2 heterocycles. The fourth-order valence-corrected chi connectivity index (χ4v) is 5.42. The summed E-state index contributed by atoms with van der Waals surface area (Å²) in [6, 6.07) is 4.74. The van der Waals surface area contributed by atoms with Crippen LogP contribution in [0.4, 0.5) is 5.69 Å². The Kier molecular flexibility index (Phi) is 6.33. The summed E-state index contributed by atoms with van der Waals surface area (Å²) in [5.74, 6) is 0.789. The maximum Gasteiger partial charge on any atom is 0.272 e. The van der Waals surface area contributed by atoms with E-state index in [-0.39, 0.29) is 29.7 Å². The van der Waals surface area contributed by atoms with Crippen molar-refractivity contribution < 1.29 is 24.2 Å². The Balaban J connectivity index is 1.37. The van der Waals surface area contributed by atoms with Gasteiger partial charge < -0.3 is 19.3 Å². The number of nitro groups is 1. The summed E-state index contributed by atoms with van der Waals surface area (Å²) in [6.45, 7) is 2.55. The van der Waals surface area contributed by atoms with Crippen molar-refractivity contribution in [1.29, 1.82) is 0 Å². The van der Waals surface area contributed by atoms with E-state index in [1.54, 1.807) is 37.5 Å². The van der Waals surface area contributed by atoms with Crippen molar-refractivity contribution in [2.24, 2.45) is 11.8 Å². The summed E-state index contributed by atoms with van der Waals surface area (Å²) in [5.41, 5.74) is 1.55. The van der Waals surface area contributed by atoms with Gasteiger partial charge in [-0.25, -0.2) is 4.98 Å². The monoisotopic (exact) mass is 434 g/mol. The zero-order valence-corrected chi connectivity index (χ0v) is 17.8. The molecule has 2 aromatic rings. The maximum absolute atomic E-state index is 11.0. The number of aliphatic hydroxyl groups excluding tert-OH is 1. The van der Waals surface area contributed by atoms with E-state index in [4.69, 9.17) is 14.2 Å². The second kappa shape index (κ2) is 8.97. The zero-order chi connectivity index (χ0) is 21.3. The second-order valence-corrected chi connectivity index (χ2v) is 8.89. The molecule has 30 heavy (non-hydrogen) atoms. The molecule has 2 fully saturated rings. The molecule has 0 radical (unpaired) electrons. The van der Waals surface area contributed by atoms with Crippen LogP contribution >= 0.6 is 11.3 Å². The Morgan fingerprint density at radius 2 is 2.23 bits per heavy atom. The Morgan fingerprint density at radius 1 is 1.40 bits per heavy atom. The number of rotatable bonds is 7. The second-order valence-electron chi connectivity index (χ2n) is 8.00. The molecule has 1 N–H and O–H groups in total. The molecule has 1 aromatic heterocycles. The first-order valence-corrected chi connectivity index (χ1v) is 11.0. The Morgan fingerprint density at radius 3 is 2.97 bits per heavy atom. The number of thiazole rings is 1. The van der Waals surface area contributed by atoms with Crippen LogP contribution in [0.25, 0.3) is 0 Å². The zero-order valence-electron chi connectivity index (χ0n) is 17.0. The van der Waals surface area contributed by atoms with Crippen LogP contribution in [0.5, 0.6) is 5.75 Å². The summed E-state index contributed by atoms with van der Waals surface area (Å²) in [7, 11) is 1.65. The van der Waals surface area contributed by atoms with Gasteiger partial charge in [0.15, 0.2) is 0 Å². The molecule has 1 saturated heterocycles. The third kappa shape index (κ3) is 4.34.